The van der Waals surface area contributed by atoms with E-state index in [1.165, 1.54) is 6.33 Å². The lowest BCUT2D eigenvalue weighted by Gasteiger charge is -2.07. The second-order valence-corrected chi connectivity index (χ2v) is 3.20. The minimum absolute atomic E-state index is 0.380. The van der Waals surface area contributed by atoms with Crippen LogP contribution >= 0.6 is 0 Å². The first-order valence-corrected chi connectivity index (χ1v) is 4.11. The van der Waals surface area contributed by atoms with Crippen LogP contribution in [0.3, 0.4) is 0 Å². The SMILES string of the molecule is CC(C)c1cc([C@@H](C)O)ncn1. The third-order valence-electron chi connectivity index (χ3n) is 1.73. The first kappa shape index (κ1) is 9.13. The van der Waals surface area contributed by atoms with Crippen molar-refractivity contribution in [3.05, 3.63) is 23.8 Å². The van der Waals surface area contributed by atoms with Gasteiger partial charge in [0.15, 0.2) is 0 Å². The van der Waals surface area contributed by atoms with E-state index in [0.717, 1.165) is 5.69 Å². The van der Waals surface area contributed by atoms with Gasteiger partial charge >= 0.3 is 0 Å². The summed E-state index contributed by atoms with van der Waals surface area (Å²) in [4.78, 5) is 8.06. The van der Waals surface area contributed by atoms with Crippen LogP contribution in [0.25, 0.3) is 0 Å². The molecule has 0 aromatic carbocycles. The van der Waals surface area contributed by atoms with Crippen molar-refractivity contribution in [2.45, 2.75) is 32.8 Å². The lowest BCUT2D eigenvalue weighted by atomic mass is 10.1. The third kappa shape index (κ3) is 2.01. The lowest BCUT2D eigenvalue weighted by molar-refractivity contribution is 0.194. The Morgan fingerprint density at radius 1 is 1.17 bits per heavy atom. The van der Waals surface area contributed by atoms with Crippen molar-refractivity contribution in [2.75, 3.05) is 0 Å². The molecule has 3 heteroatoms. The molecule has 66 valence electrons. The fraction of sp³-hybridized carbons (Fsp3) is 0.556. The van der Waals surface area contributed by atoms with E-state index in [0.29, 0.717) is 11.6 Å². The predicted octanol–water partition coefficient (Wildman–Crippen LogP) is 1.65. The Morgan fingerprint density at radius 2 is 1.75 bits per heavy atom. The Morgan fingerprint density at radius 3 is 2.25 bits per heavy atom. The summed E-state index contributed by atoms with van der Waals surface area (Å²) in [6.45, 7) is 5.83. The van der Waals surface area contributed by atoms with Crippen LogP contribution in [-0.4, -0.2) is 15.1 Å². The maximum absolute atomic E-state index is 9.24. The van der Waals surface area contributed by atoms with Crippen LogP contribution in [0.15, 0.2) is 12.4 Å². The fourth-order valence-electron chi connectivity index (χ4n) is 0.932. The first-order valence-electron chi connectivity index (χ1n) is 4.11. The molecular weight excluding hydrogens is 152 g/mol. The van der Waals surface area contributed by atoms with Crippen molar-refractivity contribution >= 4 is 0 Å². The smallest absolute Gasteiger partial charge is 0.116 e. The molecule has 1 heterocycles. The molecule has 0 aliphatic rings. The maximum Gasteiger partial charge on any atom is 0.116 e. The standard InChI is InChI=1S/C9H14N2O/c1-6(2)8-4-9(7(3)12)11-5-10-8/h4-7,12H,1-3H3/t7-/m1/s1. The topological polar surface area (TPSA) is 46.0 Å². The van der Waals surface area contributed by atoms with Crippen molar-refractivity contribution < 1.29 is 5.11 Å². The Labute approximate surface area is 72.5 Å². The van der Waals surface area contributed by atoms with E-state index < -0.39 is 6.10 Å². The maximum atomic E-state index is 9.24. The van der Waals surface area contributed by atoms with Gasteiger partial charge in [-0.25, -0.2) is 9.97 Å². The molecule has 0 unspecified atom stereocenters. The van der Waals surface area contributed by atoms with E-state index in [1.807, 2.05) is 6.07 Å². The van der Waals surface area contributed by atoms with Gasteiger partial charge in [-0.2, -0.15) is 0 Å². The number of aromatic nitrogens is 2. The third-order valence-corrected chi connectivity index (χ3v) is 1.73. The molecule has 0 aliphatic heterocycles. The Kier molecular flexibility index (Phi) is 2.76. The van der Waals surface area contributed by atoms with Gasteiger partial charge in [0, 0.05) is 5.69 Å². The fourth-order valence-corrected chi connectivity index (χ4v) is 0.932. The minimum atomic E-state index is -0.509. The number of hydrogen-bond donors (Lipinski definition) is 1. The van der Waals surface area contributed by atoms with Crippen LogP contribution in [0.1, 0.15) is 44.2 Å². The van der Waals surface area contributed by atoms with Crippen molar-refractivity contribution in [3.63, 3.8) is 0 Å². The highest BCUT2D eigenvalue weighted by atomic mass is 16.3. The molecule has 1 N–H and O–H groups in total. The molecule has 0 spiro atoms. The molecule has 0 saturated carbocycles. The summed E-state index contributed by atoms with van der Waals surface area (Å²) in [5.74, 6) is 0.380. The molecule has 3 nitrogen and oxygen atoms in total. The summed E-state index contributed by atoms with van der Waals surface area (Å²) in [6.07, 6.45) is 0.989. The quantitative estimate of drug-likeness (QED) is 0.726. The van der Waals surface area contributed by atoms with E-state index in [9.17, 15) is 5.11 Å². The molecule has 0 bridgehead atoms. The van der Waals surface area contributed by atoms with Crippen LogP contribution in [0.2, 0.25) is 0 Å². The van der Waals surface area contributed by atoms with E-state index in [1.54, 1.807) is 6.92 Å². The van der Waals surface area contributed by atoms with E-state index >= 15 is 0 Å². The Bertz CT molecular complexity index is 235. The van der Waals surface area contributed by atoms with E-state index in [2.05, 4.69) is 23.8 Å². The predicted molar refractivity (Wildman–Crippen MR) is 46.8 cm³/mol. The molecule has 1 aromatic heterocycles. The Balaban J connectivity index is 2.96. The van der Waals surface area contributed by atoms with Crippen molar-refractivity contribution in [2.24, 2.45) is 0 Å². The number of hydrogen-bond acceptors (Lipinski definition) is 3. The van der Waals surface area contributed by atoms with Crippen molar-refractivity contribution in [3.8, 4) is 0 Å². The van der Waals surface area contributed by atoms with Gasteiger partial charge in [0.05, 0.1) is 11.8 Å². The number of nitrogens with zero attached hydrogens (tertiary/aromatic N) is 2. The lowest BCUT2D eigenvalue weighted by Crippen LogP contribution is -2.00. The van der Waals surface area contributed by atoms with Gasteiger partial charge in [-0.3, -0.25) is 0 Å². The van der Waals surface area contributed by atoms with Gasteiger partial charge in [0.25, 0.3) is 0 Å². The van der Waals surface area contributed by atoms with Gasteiger partial charge in [-0.15, -0.1) is 0 Å². The van der Waals surface area contributed by atoms with Gasteiger partial charge < -0.3 is 5.11 Å². The van der Waals surface area contributed by atoms with Crippen LogP contribution < -0.4 is 0 Å². The van der Waals surface area contributed by atoms with Gasteiger partial charge in [-0.1, -0.05) is 13.8 Å². The zero-order chi connectivity index (χ0) is 9.14. The summed E-state index contributed by atoms with van der Waals surface area (Å²) in [7, 11) is 0. The number of aliphatic hydroxyl groups excluding tert-OH is 1. The van der Waals surface area contributed by atoms with Gasteiger partial charge in [-0.05, 0) is 18.9 Å². The molecule has 1 rings (SSSR count). The van der Waals surface area contributed by atoms with Crippen molar-refractivity contribution in [1.82, 2.24) is 9.97 Å². The highest BCUT2D eigenvalue weighted by Gasteiger charge is 2.06. The average Bonchev–Trinajstić information content (AvgIpc) is 2.04. The van der Waals surface area contributed by atoms with Gasteiger partial charge in [0.2, 0.25) is 0 Å². The molecular formula is C9H14N2O. The van der Waals surface area contributed by atoms with Crippen LogP contribution in [-0.2, 0) is 0 Å². The molecule has 0 amide bonds. The summed E-state index contributed by atoms with van der Waals surface area (Å²) in [5.41, 5.74) is 1.66. The van der Waals surface area contributed by atoms with Gasteiger partial charge in [0.1, 0.15) is 6.33 Å². The van der Waals surface area contributed by atoms with E-state index in [4.69, 9.17) is 0 Å². The largest absolute Gasteiger partial charge is 0.387 e. The van der Waals surface area contributed by atoms with E-state index in [-0.39, 0.29) is 0 Å². The second kappa shape index (κ2) is 3.63. The molecule has 0 aliphatic carbocycles. The summed E-state index contributed by atoms with van der Waals surface area (Å²) in [5, 5.41) is 9.24. The second-order valence-electron chi connectivity index (χ2n) is 3.20. The molecule has 12 heavy (non-hydrogen) atoms. The molecule has 1 atom stereocenters. The van der Waals surface area contributed by atoms with Crippen LogP contribution in [0.4, 0.5) is 0 Å². The number of rotatable bonds is 2. The average molecular weight is 166 g/mol. The highest BCUT2D eigenvalue weighted by Crippen LogP contribution is 2.14. The summed E-state index contributed by atoms with van der Waals surface area (Å²) >= 11 is 0. The van der Waals surface area contributed by atoms with Crippen LogP contribution in [0.5, 0.6) is 0 Å². The molecule has 0 fully saturated rings. The number of aliphatic hydroxyl groups is 1. The zero-order valence-corrected chi connectivity index (χ0v) is 7.65. The summed E-state index contributed by atoms with van der Waals surface area (Å²) in [6, 6.07) is 1.84. The van der Waals surface area contributed by atoms with Crippen LogP contribution in [0, 0.1) is 0 Å². The first-order chi connectivity index (χ1) is 5.61. The monoisotopic (exact) mass is 166 g/mol. The molecule has 0 radical (unpaired) electrons. The normalized spacial score (nSPS) is 13.4. The molecule has 1 aromatic rings. The molecule has 0 saturated heterocycles. The zero-order valence-electron chi connectivity index (χ0n) is 7.65. The highest BCUT2D eigenvalue weighted by molar-refractivity contribution is 5.12. The minimum Gasteiger partial charge on any atom is -0.387 e. The Hall–Kier alpha value is -0.960. The van der Waals surface area contributed by atoms with Crippen molar-refractivity contribution in [1.29, 1.82) is 0 Å². The summed E-state index contributed by atoms with van der Waals surface area (Å²) < 4.78 is 0.